The number of rotatable bonds is 8. The number of ether oxygens (including phenoxy) is 2. The Morgan fingerprint density at radius 2 is 2.00 bits per heavy atom. The fourth-order valence-corrected chi connectivity index (χ4v) is 3.96. The number of nitrogens with one attached hydrogen (secondary N) is 1. The Kier molecular flexibility index (Phi) is 7.00. The van der Waals surface area contributed by atoms with Crippen LogP contribution in [-0.2, 0) is 10.5 Å². The molecule has 1 N–H and O–H groups in total. The van der Waals surface area contributed by atoms with E-state index in [-0.39, 0.29) is 11.1 Å². The van der Waals surface area contributed by atoms with Gasteiger partial charge in [0.25, 0.3) is 11.1 Å². The van der Waals surface area contributed by atoms with Gasteiger partial charge in [-0.25, -0.2) is 4.39 Å². The summed E-state index contributed by atoms with van der Waals surface area (Å²) in [7, 11) is 1.53. The highest BCUT2D eigenvalue weighted by Crippen LogP contribution is 2.31. The number of benzene rings is 2. The fraction of sp³-hybridized carbons (Fsp3) is 0.200. The summed E-state index contributed by atoms with van der Waals surface area (Å²) in [6.07, 6.45) is 1.63. The molecule has 146 valence electrons. The van der Waals surface area contributed by atoms with Crippen molar-refractivity contribution in [1.82, 2.24) is 5.32 Å². The molecule has 1 aliphatic rings. The highest BCUT2D eigenvalue weighted by Gasteiger charge is 2.25. The third-order valence-corrected chi connectivity index (χ3v) is 5.61. The minimum Gasteiger partial charge on any atom is -0.493 e. The van der Waals surface area contributed by atoms with Crippen LogP contribution < -0.4 is 14.8 Å². The van der Waals surface area contributed by atoms with Crippen LogP contribution in [0.3, 0.4) is 0 Å². The van der Waals surface area contributed by atoms with Gasteiger partial charge in [-0.2, -0.15) is 11.8 Å². The number of methoxy groups -OCH3 is 1. The van der Waals surface area contributed by atoms with Gasteiger partial charge in [0.2, 0.25) is 0 Å². The Balaban J connectivity index is 1.54. The standard InChI is InChI=1S/C20H18FNO4S2/c1-25-17-10-13(11-18-19(23)22-20(24)28-18)6-7-16(17)26-8-9-27-12-14-4-2-3-5-15(14)21/h2-7,10-11H,8-9,12H2,1H3,(H,22,23,24). The summed E-state index contributed by atoms with van der Waals surface area (Å²) in [6.45, 7) is 0.447. The fourth-order valence-electron chi connectivity index (χ4n) is 2.47. The largest absolute Gasteiger partial charge is 0.493 e. The number of carbonyl (C=O) groups is 2. The third-order valence-electron chi connectivity index (χ3n) is 3.83. The van der Waals surface area contributed by atoms with E-state index >= 15 is 0 Å². The molecular formula is C20H18FNO4S2. The van der Waals surface area contributed by atoms with E-state index in [1.165, 1.54) is 13.2 Å². The average molecular weight is 419 g/mol. The average Bonchev–Trinajstić information content (AvgIpc) is 3.00. The molecule has 0 saturated carbocycles. The molecule has 5 nitrogen and oxygen atoms in total. The maximum absolute atomic E-state index is 13.6. The lowest BCUT2D eigenvalue weighted by Gasteiger charge is -2.11. The summed E-state index contributed by atoms with van der Waals surface area (Å²) in [6, 6.07) is 12.0. The predicted octanol–water partition coefficient (Wildman–Crippen LogP) is 4.47. The number of hydrogen-bond donors (Lipinski definition) is 1. The maximum atomic E-state index is 13.6. The van der Waals surface area contributed by atoms with Gasteiger partial charge in [0.15, 0.2) is 11.5 Å². The number of halogens is 1. The van der Waals surface area contributed by atoms with Crippen LogP contribution in [0.1, 0.15) is 11.1 Å². The minimum absolute atomic E-state index is 0.196. The van der Waals surface area contributed by atoms with E-state index in [2.05, 4.69) is 5.32 Å². The van der Waals surface area contributed by atoms with E-state index in [0.717, 1.165) is 17.3 Å². The normalized spacial score (nSPS) is 15.0. The number of thioether (sulfide) groups is 2. The lowest BCUT2D eigenvalue weighted by atomic mass is 10.2. The van der Waals surface area contributed by atoms with E-state index in [0.29, 0.717) is 40.1 Å². The lowest BCUT2D eigenvalue weighted by molar-refractivity contribution is -0.115. The van der Waals surface area contributed by atoms with Gasteiger partial charge in [0, 0.05) is 11.5 Å². The van der Waals surface area contributed by atoms with Gasteiger partial charge in [0.05, 0.1) is 18.6 Å². The van der Waals surface area contributed by atoms with Crippen molar-refractivity contribution in [1.29, 1.82) is 0 Å². The van der Waals surface area contributed by atoms with Crippen LogP contribution >= 0.6 is 23.5 Å². The molecule has 3 rings (SSSR count). The number of amides is 2. The molecule has 1 fully saturated rings. The summed E-state index contributed by atoms with van der Waals surface area (Å²) in [5.74, 6) is 1.79. The second-order valence-electron chi connectivity index (χ2n) is 5.75. The van der Waals surface area contributed by atoms with Crippen molar-refractivity contribution in [2.75, 3.05) is 19.5 Å². The van der Waals surface area contributed by atoms with Crippen LogP contribution in [0.25, 0.3) is 6.08 Å². The van der Waals surface area contributed by atoms with Crippen molar-refractivity contribution in [3.8, 4) is 11.5 Å². The second kappa shape index (κ2) is 9.66. The first-order valence-electron chi connectivity index (χ1n) is 8.43. The molecular weight excluding hydrogens is 401 g/mol. The van der Waals surface area contributed by atoms with E-state index < -0.39 is 5.91 Å². The van der Waals surface area contributed by atoms with Crippen molar-refractivity contribution < 1.29 is 23.5 Å². The zero-order valence-corrected chi connectivity index (χ0v) is 16.7. The van der Waals surface area contributed by atoms with Crippen LogP contribution in [0.2, 0.25) is 0 Å². The van der Waals surface area contributed by atoms with Gasteiger partial charge < -0.3 is 9.47 Å². The summed E-state index contributed by atoms with van der Waals surface area (Å²) < 4.78 is 24.7. The molecule has 28 heavy (non-hydrogen) atoms. The summed E-state index contributed by atoms with van der Waals surface area (Å²) in [4.78, 5) is 23.2. The first-order chi connectivity index (χ1) is 13.6. The molecule has 0 spiro atoms. The van der Waals surface area contributed by atoms with E-state index in [4.69, 9.17) is 9.47 Å². The third kappa shape index (κ3) is 5.30. The van der Waals surface area contributed by atoms with Gasteiger partial charge in [-0.15, -0.1) is 0 Å². The molecule has 1 heterocycles. The van der Waals surface area contributed by atoms with Crippen molar-refractivity contribution >= 4 is 40.7 Å². The van der Waals surface area contributed by atoms with Gasteiger partial charge in [-0.3, -0.25) is 14.9 Å². The molecule has 2 amide bonds. The van der Waals surface area contributed by atoms with Crippen LogP contribution in [0.4, 0.5) is 9.18 Å². The first-order valence-corrected chi connectivity index (χ1v) is 10.4. The van der Waals surface area contributed by atoms with Crippen molar-refractivity contribution in [2.24, 2.45) is 0 Å². The Labute approximate surface area is 170 Å². The van der Waals surface area contributed by atoms with Crippen LogP contribution in [0.15, 0.2) is 47.4 Å². The topological polar surface area (TPSA) is 64.6 Å². The Morgan fingerprint density at radius 1 is 1.18 bits per heavy atom. The van der Waals surface area contributed by atoms with Crippen LogP contribution in [-0.4, -0.2) is 30.6 Å². The van der Waals surface area contributed by atoms with E-state index in [1.807, 2.05) is 6.07 Å². The monoisotopic (exact) mass is 419 g/mol. The second-order valence-corrected chi connectivity index (χ2v) is 7.87. The maximum Gasteiger partial charge on any atom is 0.290 e. The molecule has 0 aliphatic carbocycles. The molecule has 8 heteroatoms. The number of imide groups is 1. The molecule has 1 saturated heterocycles. The SMILES string of the molecule is COc1cc(C=C2SC(=O)NC2=O)ccc1OCCSCc1ccccc1F. The Bertz CT molecular complexity index is 917. The highest BCUT2D eigenvalue weighted by molar-refractivity contribution is 8.18. The van der Waals surface area contributed by atoms with Crippen molar-refractivity contribution in [3.05, 3.63) is 64.3 Å². The summed E-state index contributed by atoms with van der Waals surface area (Å²) in [5.41, 5.74) is 1.40. The van der Waals surface area contributed by atoms with Gasteiger partial charge >= 0.3 is 0 Å². The minimum atomic E-state index is -0.402. The molecule has 0 radical (unpaired) electrons. The van der Waals surface area contributed by atoms with Gasteiger partial charge in [-0.05, 0) is 47.2 Å². The van der Waals surface area contributed by atoms with Crippen LogP contribution in [0, 0.1) is 5.82 Å². The van der Waals surface area contributed by atoms with E-state index in [9.17, 15) is 14.0 Å². The lowest BCUT2D eigenvalue weighted by Crippen LogP contribution is -2.17. The van der Waals surface area contributed by atoms with Gasteiger partial charge in [-0.1, -0.05) is 24.3 Å². The quantitative estimate of drug-likeness (QED) is 0.503. The van der Waals surface area contributed by atoms with Crippen molar-refractivity contribution in [3.63, 3.8) is 0 Å². The molecule has 0 unspecified atom stereocenters. The number of carbonyl (C=O) groups excluding carboxylic acids is 2. The first kappa shape index (κ1) is 20.3. The highest BCUT2D eigenvalue weighted by atomic mass is 32.2. The molecule has 0 aromatic heterocycles. The summed E-state index contributed by atoms with van der Waals surface area (Å²) in [5, 5.41) is 1.84. The predicted molar refractivity (Wildman–Crippen MR) is 110 cm³/mol. The smallest absolute Gasteiger partial charge is 0.290 e. The molecule has 1 aliphatic heterocycles. The van der Waals surface area contributed by atoms with Crippen molar-refractivity contribution in [2.45, 2.75) is 5.75 Å². The Morgan fingerprint density at radius 3 is 2.71 bits per heavy atom. The zero-order chi connectivity index (χ0) is 19.9. The zero-order valence-electron chi connectivity index (χ0n) is 15.1. The van der Waals surface area contributed by atoms with E-state index in [1.54, 1.807) is 48.2 Å². The molecule has 0 atom stereocenters. The van der Waals surface area contributed by atoms with Crippen LogP contribution in [0.5, 0.6) is 11.5 Å². The van der Waals surface area contributed by atoms with Gasteiger partial charge in [0.1, 0.15) is 5.82 Å². The molecule has 2 aromatic carbocycles. The molecule has 0 bridgehead atoms. The molecule has 2 aromatic rings. The summed E-state index contributed by atoms with van der Waals surface area (Å²) >= 11 is 2.45. The number of hydrogen-bond acceptors (Lipinski definition) is 6. The Hall–Kier alpha value is -2.45.